The molecule has 0 amide bonds. The highest BCUT2D eigenvalue weighted by Crippen LogP contribution is 2.60. The van der Waals surface area contributed by atoms with Gasteiger partial charge in [-0.25, -0.2) is 9.59 Å². The van der Waals surface area contributed by atoms with Crippen LogP contribution in [0.4, 0.5) is 61.5 Å². The van der Waals surface area contributed by atoms with Crippen molar-refractivity contribution < 1.29 is 85.3 Å². The largest absolute Gasteiger partial charge is 0.460 e. The first-order valence-corrected chi connectivity index (χ1v) is 14.0. The quantitative estimate of drug-likeness (QED) is 0.143. The standard InChI is InChI=1S/C29H24F14O5/c1-22-9-7-14(48-21(46)25(32,33)27(36,37)29(41,42)43)11-13(22)3-4-15-16-8-10-23(2,18(16)6-5-17(15)22)19(44)12-47-20(45)24(30,31)26(34,35)28(38,39)40/h3,5,11,15H,4,6-10,12H2,1-2H3/t15-,22-,23+/m0/s1. The molecule has 0 bridgehead atoms. The molecule has 0 heterocycles. The molecule has 0 spiro atoms. The summed E-state index contributed by atoms with van der Waals surface area (Å²) in [6.45, 7) is 1.54. The summed E-state index contributed by atoms with van der Waals surface area (Å²) < 4.78 is 191. The third-order valence-corrected chi connectivity index (χ3v) is 9.49. The monoisotopic (exact) mass is 718 g/mol. The van der Waals surface area contributed by atoms with Crippen molar-refractivity contribution in [2.45, 2.75) is 88.4 Å². The number of ketones is 1. The smallest absolute Gasteiger partial charge is 0.453 e. The van der Waals surface area contributed by atoms with Crippen LogP contribution in [-0.4, -0.2) is 60.4 Å². The molecule has 4 aliphatic carbocycles. The molecule has 268 valence electrons. The molecule has 0 saturated heterocycles. The first kappa shape index (κ1) is 37.4. The zero-order chi connectivity index (χ0) is 36.7. The predicted octanol–water partition coefficient (Wildman–Crippen LogP) is 8.36. The third-order valence-electron chi connectivity index (χ3n) is 9.49. The Balaban J connectivity index is 1.51. The fourth-order valence-corrected chi connectivity index (χ4v) is 6.53. The maximum absolute atomic E-state index is 13.8. The average Bonchev–Trinajstić information content (AvgIpc) is 3.32. The summed E-state index contributed by atoms with van der Waals surface area (Å²) in [4.78, 5) is 36.4. The van der Waals surface area contributed by atoms with Crippen LogP contribution >= 0.6 is 0 Å². The van der Waals surface area contributed by atoms with Gasteiger partial charge in [-0.05, 0) is 50.7 Å². The van der Waals surface area contributed by atoms with E-state index in [1.54, 1.807) is 19.1 Å². The van der Waals surface area contributed by atoms with Gasteiger partial charge in [0, 0.05) is 17.8 Å². The van der Waals surface area contributed by atoms with Gasteiger partial charge in [0.2, 0.25) is 0 Å². The van der Waals surface area contributed by atoms with Crippen molar-refractivity contribution in [3.8, 4) is 0 Å². The lowest BCUT2D eigenvalue weighted by atomic mass is 9.58. The second kappa shape index (κ2) is 11.3. The van der Waals surface area contributed by atoms with Gasteiger partial charge in [0.25, 0.3) is 0 Å². The Morgan fingerprint density at radius 2 is 1.31 bits per heavy atom. The summed E-state index contributed by atoms with van der Waals surface area (Å²) in [7, 11) is 0. The number of alkyl halides is 14. The number of hydrogen-bond donors (Lipinski definition) is 0. The molecule has 0 aromatic rings. The molecule has 0 aliphatic heterocycles. The maximum atomic E-state index is 13.8. The van der Waals surface area contributed by atoms with Crippen molar-refractivity contribution in [2.75, 3.05) is 6.61 Å². The Bertz CT molecular complexity index is 1530. The fourth-order valence-electron chi connectivity index (χ4n) is 6.53. The molecule has 3 atom stereocenters. The summed E-state index contributed by atoms with van der Waals surface area (Å²) in [6, 6.07) is 0. The van der Waals surface area contributed by atoms with Gasteiger partial charge >= 0.3 is 48.0 Å². The molecule has 19 heteroatoms. The molecule has 0 N–H and O–H groups in total. The normalized spacial score (nSPS) is 26.8. The summed E-state index contributed by atoms with van der Waals surface area (Å²) in [5.41, 5.74) is -0.0824. The Morgan fingerprint density at radius 3 is 1.85 bits per heavy atom. The number of rotatable bonds is 8. The SMILES string of the molecule is C[C@]12CCC(OC(=O)C(F)(F)C(F)(F)C(F)(F)F)=CC1=CC[C@@H]1C2=CCC2=C1CC[C@@]2(C)C(=O)COC(=O)C(F)(F)C(F)(F)C(F)(F)F. The molecular formula is C29H24F14O5. The lowest BCUT2D eigenvalue weighted by molar-refractivity contribution is -0.348. The molecule has 0 aromatic carbocycles. The van der Waals surface area contributed by atoms with Crippen LogP contribution in [0.2, 0.25) is 0 Å². The number of carbonyl (C=O) groups excluding carboxylic acids is 3. The van der Waals surface area contributed by atoms with E-state index in [9.17, 15) is 75.8 Å². The van der Waals surface area contributed by atoms with Gasteiger partial charge in [-0.15, -0.1) is 0 Å². The van der Waals surface area contributed by atoms with E-state index in [-0.39, 0.29) is 38.5 Å². The van der Waals surface area contributed by atoms with Gasteiger partial charge in [-0.2, -0.15) is 61.5 Å². The minimum Gasteiger partial charge on any atom is -0.453 e. The van der Waals surface area contributed by atoms with Gasteiger partial charge in [-0.3, -0.25) is 4.79 Å². The number of hydrogen-bond acceptors (Lipinski definition) is 5. The number of halogens is 14. The zero-order valence-electron chi connectivity index (χ0n) is 24.6. The van der Waals surface area contributed by atoms with Crippen LogP contribution in [0, 0.1) is 16.7 Å². The second-order valence-electron chi connectivity index (χ2n) is 12.3. The highest BCUT2D eigenvalue weighted by Gasteiger charge is 2.78. The summed E-state index contributed by atoms with van der Waals surface area (Å²) in [5, 5.41) is 0. The van der Waals surface area contributed by atoms with E-state index in [0.29, 0.717) is 16.7 Å². The number of Topliss-reactive ketones (excluding diaryl/α,β-unsaturated/α-hetero) is 1. The Hall–Kier alpha value is -3.41. The highest BCUT2D eigenvalue weighted by atomic mass is 19.4. The minimum absolute atomic E-state index is 0.0209. The predicted molar refractivity (Wildman–Crippen MR) is 133 cm³/mol. The average molecular weight is 718 g/mol. The van der Waals surface area contributed by atoms with Crippen molar-refractivity contribution in [1.82, 2.24) is 0 Å². The molecule has 0 aromatic heterocycles. The van der Waals surface area contributed by atoms with Crippen molar-refractivity contribution >= 4 is 17.7 Å². The van der Waals surface area contributed by atoms with Gasteiger partial charge in [0.05, 0.1) is 5.41 Å². The second-order valence-corrected chi connectivity index (χ2v) is 12.3. The number of fused-ring (bicyclic) bond motifs is 4. The van der Waals surface area contributed by atoms with Crippen LogP contribution in [0.1, 0.15) is 52.4 Å². The molecule has 48 heavy (non-hydrogen) atoms. The summed E-state index contributed by atoms with van der Waals surface area (Å²) in [6.07, 6.45) is -9.01. The molecule has 0 unspecified atom stereocenters. The lowest BCUT2D eigenvalue weighted by Crippen LogP contribution is -2.57. The first-order valence-electron chi connectivity index (χ1n) is 14.0. The maximum Gasteiger partial charge on any atom is 0.460 e. The van der Waals surface area contributed by atoms with Crippen LogP contribution < -0.4 is 0 Å². The molecule has 4 aliphatic rings. The topological polar surface area (TPSA) is 69.7 Å². The zero-order valence-corrected chi connectivity index (χ0v) is 24.6. The van der Waals surface area contributed by atoms with Crippen molar-refractivity contribution in [1.29, 1.82) is 0 Å². The summed E-state index contributed by atoms with van der Waals surface area (Å²) >= 11 is 0. The lowest BCUT2D eigenvalue weighted by Gasteiger charge is -2.46. The van der Waals surface area contributed by atoms with Crippen LogP contribution in [0.3, 0.4) is 0 Å². The number of ether oxygens (including phenoxy) is 2. The molecular weight excluding hydrogens is 694 g/mol. The Labute approximate surface area is 261 Å². The van der Waals surface area contributed by atoms with Crippen LogP contribution in [-0.2, 0) is 23.9 Å². The van der Waals surface area contributed by atoms with Crippen LogP contribution in [0.5, 0.6) is 0 Å². The first-order chi connectivity index (χ1) is 21.6. The molecule has 4 rings (SSSR count). The summed E-state index contributed by atoms with van der Waals surface area (Å²) in [5.74, 6) is -34.4. The van der Waals surface area contributed by atoms with Crippen LogP contribution in [0.25, 0.3) is 0 Å². The van der Waals surface area contributed by atoms with E-state index in [2.05, 4.69) is 9.47 Å². The van der Waals surface area contributed by atoms with Gasteiger partial charge in [0.15, 0.2) is 12.4 Å². The van der Waals surface area contributed by atoms with E-state index in [1.165, 1.54) is 6.92 Å². The molecule has 0 saturated carbocycles. The van der Waals surface area contributed by atoms with Gasteiger partial charge in [0.1, 0.15) is 5.76 Å². The van der Waals surface area contributed by atoms with E-state index in [0.717, 1.165) is 11.6 Å². The number of esters is 2. The van der Waals surface area contributed by atoms with E-state index in [4.69, 9.17) is 0 Å². The number of allylic oxidation sites excluding steroid dienone is 8. The van der Waals surface area contributed by atoms with Crippen molar-refractivity contribution in [2.24, 2.45) is 16.7 Å². The minimum atomic E-state index is -6.79. The highest BCUT2D eigenvalue weighted by molar-refractivity contribution is 5.92. The van der Waals surface area contributed by atoms with Gasteiger partial charge < -0.3 is 9.47 Å². The van der Waals surface area contributed by atoms with E-state index >= 15 is 0 Å². The number of carbonyl (C=O) groups is 3. The van der Waals surface area contributed by atoms with E-state index in [1.807, 2.05) is 0 Å². The van der Waals surface area contributed by atoms with Crippen LogP contribution in [0.15, 0.2) is 46.3 Å². The van der Waals surface area contributed by atoms with Gasteiger partial charge in [-0.1, -0.05) is 35.8 Å². The van der Waals surface area contributed by atoms with E-state index < -0.39 is 82.9 Å². The van der Waals surface area contributed by atoms with Crippen molar-refractivity contribution in [3.63, 3.8) is 0 Å². The Morgan fingerprint density at radius 1 is 0.771 bits per heavy atom. The van der Waals surface area contributed by atoms with Crippen molar-refractivity contribution in [3.05, 3.63) is 46.3 Å². The molecule has 0 fully saturated rings. The Kier molecular flexibility index (Phi) is 8.82. The molecule has 0 radical (unpaired) electrons. The third kappa shape index (κ3) is 5.51. The fraction of sp³-hybridized carbons (Fsp3) is 0.621. The molecule has 5 nitrogen and oxygen atoms in total.